The van der Waals surface area contributed by atoms with Crippen molar-refractivity contribution in [3.05, 3.63) is 23.8 Å². The molecule has 1 heterocycles. The standard InChI is InChI=1S/C12H15NO3S/c1-15-11-4-2-3-9(10(14)5-13)12(11)16-8-6-17-7-8/h2-4,8H,5-7,13H2,1H3. The number of nitrogens with two attached hydrogens (primary N) is 1. The van der Waals surface area contributed by atoms with Gasteiger partial charge in [-0.1, -0.05) is 6.07 Å². The molecule has 0 amide bonds. The molecule has 0 saturated carbocycles. The molecule has 2 N–H and O–H groups in total. The summed E-state index contributed by atoms with van der Waals surface area (Å²) in [6.07, 6.45) is 0.167. The fraction of sp³-hybridized carbons (Fsp3) is 0.417. The third-order valence-electron chi connectivity index (χ3n) is 2.58. The van der Waals surface area contributed by atoms with Crippen LogP contribution < -0.4 is 15.2 Å². The van der Waals surface area contributed by atoms with Crippen LogP contribution >= 0.6 is 11.8 Å². The fourth-order valence-corrected chi connectivity index (χ4v) is 2.14. The zero-order valence-electron chi connectivity index (χ0n) is 9.64. The molecule has 1 saturated heterocycles. The quantitative estimate of drug-likeness (QED) is 0.802. The molecule has 1 aliphatic heterocycles. The summed E-state index contributed by atoms with van der Waals surface area (Å²) in [6, 6.07) is 5.28. The molecule has 0 atom stereocenters. The highest BCUT2D eigenvalue weighted by molar-refractivity contribution is 8.00. The molecule has 5 heteroatoms. The molecule has 4 nitrogen and oxygen atoms in total. The molecule has 92 valence electrons. The van der Waals surface area contributed by atoms with Crippen molar-refractivity contribution >= 4 is 17.5 Å². The van der Waals surface area contributed by atoms with E-state index in [-0.39, 0.29) is 18.4 Å². The zero-order chi connectivity index (χ0) is 12.3. The van der Waals surface area contributed by atoms with Crippen molar-refractivity contribution in [3.8, 4) is 11.5 Å². The Labute approximate surface area is 104 Å². The highest BCUT2D eigenvalue weighted by atomic mass is 32.2. The average Bonchev–Trinajstić information content (AvgIpc) is 2.32. The molecular weight excluding hydrogens is 238 g/mol. The number of carbonyl (C=O) groups is 1. The van der Waals surface area contributed by atoms with Gasteiger partial charge in [-0.3, -0.25) is 4.79 Å². The first kappa shape index (κ1) is 12.3. The van der Waals surface area contributed by atoms with Crippen molar-refractivity contribution in [1.29, 1.82) is 0 Å². The van der Waals surface area contributed by atoms with E-state index in [9.17, 15) is 4.79 Å². The number of hydrogen-bond acceptors (Lipinski definition) is 5. The average molecular weight is 253 g/mol. The summed E-state index contributed by atoms with van der Waals surface area (Å²) in [5, 5.41) is 0. The van der Waals surface area contributed by atoms with E-state index in [1.165, 1.54) is 0 Å². The van der Waals surface area contributed by atoms with E-state index in [2.05, 4.69) is 0 Å². The number of para-hydroxylation sites is 1. The topological polar surface area (TPSA) is 61.5 Å². The first-order valence-electron chi connectivity index (χ1n) is 5.41. The van der Waals surface area contributed by atoms with Crippen molar-refractivity contribution in [1.82, 2.24) is 0 Å². The van der Waals surface area contributed by atoms with Crippen LogP contribution in [0.3, 0.4) is 0 Å². The molecule has 0 aromatic heterocycles. The molecule has 1 aliphatic rings. The third kappa shape index (κ3) is 2.56. The molecule has 0 radical (unpaired) electrons. The van der Waals surface area contributed by atoms with Crippen molar-refractivity contribution in [2.75, 3.05) is 25.2 Å². The van der Waals surface area contributed by atoms with E-state index in [0.29, 0.717) is 17.1 Å². The Bertz CT molecular complexity index is 418. The van der Waals surface area contributed by atoms with Crippen LogP contribution in [0.4, 0.5) is 0 Å². The Morgan fingerprint density at radius 1 is 1.53 bits per heavy atom. The van der Waals surface area contributed by atoms with Crippen LogP contribution in [0.5, 0.6) is 11.5 Å². The maximum Gasteiger partial charge on any atom is 0.180 e. The summed E-state index contributed by atoms with van der Waals surface area (Å²) >= 11 is 1.82. The number of rotatable bonds is 5. The third-order valence-corrected chi connectivity index (χ3v) is 3.79. The smallest absolute Gasteiger partial charge is 0.180 e. The van der Waals surface area contributed by atoms with Crippen molar-refractivity contribution < 1.29 is 14.3 Å². The Balaban J connectivity index is 2.32. The van der Waals surface area contributed by atoms with Crippen molar-refractivity contribution in [2.45, 2.75) is 6.10 Å². The zero-order valence-corrected chi connectivity index (χ0v) is 10.5. The first-order chi connectivity index (χ1) is 8.26. The van der Waals surface area contributed by atoms with Crippen LogP contribution in [-0.2, 0) is 0 Å². The molecule has 0 bridgehead atoms. The maximum atomic E-state index is 11.7. The van der Waals surface area contributed by atoms with Crippen LogP contribution in [0.1, 0.15) is 10.4 Å². The van der Waals surface area contributed by atoms with Crippen LogP contribution in [0.25, 0.3) is 0 Å². The van der Waals surface area contributed by atoms with E-state index in [0.717, 1.165) is 11.5 Å². The van der Waals surface area contributed by atoms with Gasteiger partial charge in [-0.15, -0.1) is 0 Å². The first-order valence-corrected chi connectivity index (χ1v) is 6.56. The number of ketones is 1. The molecule has 1 fully saturated rings. The van der Waals surface area contributed by atoms with E-state index < -0.39 is 0 Å². The predicted octanol–water partition coefficient (Wildman–Crippen LogP) is 1.33. The molecule has 1 aromatic rings. The van der Waals surface area contributed by atoms with E-state index in [1.54, 1.807) is 25.3 Å². The Kier molecular flexibility index (Phi) is 3.91. The molecule has 0 unspecified atom stereocenters. The van der Waals surface area contributed by atoms with E-state index in [4.69, 9.17) is 15.2 Å². The summed E-state index contributed by atoms with van der Waals surface area (Å²) in [4.78, 5) is 11.7. The summed E-state index contributed by atoms with van der Waals surface area (Å²) in [5.41, 5.74) is 5.90. The molecule has 0 aliphatic carbocycles. The number of hydrogen-bond donors (Lipinski definition) is 1. The van der Waals surface area contributed by atoms with Gasteiger partial charge < -0.3 is 15.2 Å². The maximum absolute atomic E-state index is 11.7. The second kappa shape index (κ2) is 5.42. The van der Waals surface area contributed by atoms with Gasteiger partial charge in [0.25, 0.3) is 0 Å². The highest BCUT2D eigenvalue weighted by Gasteiger charge is 2.24. The van der Waals surface area contributed by atoms with Crippen molar-refractivity contribution in [2.24, 2.45) is 5.73 Å². The normalized spacial score (nSPS) is 15.2. The van der Waals surface area contributed by atoms with Gasteiger partial charge in [-0.25, -0.2) is 0 Å². The van der Waals surface area contributed by atoms with Crippen molar-refractivity contribution in [3.63, 3.8) is 0 Å². The van der Waals surface area contributed by atoms with Gasteiger partial charge in [0.1, 0.15) is 6.10 Å². The summed E-state index contributed by atoms with van der Waals surface area (Å²) in [5.74, 6) is 2.88. The van der Waals surface area contributed by atoms with Crippen LogP contribution in [0, 0.1) is 0 Å². The number of benzene rings is 1. The summed E-state index contributed by atoms with van der Waals surface area (Å²) < 4.78 is 11.0. The fourth-order valence-electron chi connectivity index (χ4n) is 1.58. The van der Waals surface area contributed by atoms with Gasteiger partial charge in [-0.05, 0) is 12.1 Å². The Morgan fingerprint density at radius 3 is 2.82 bits per heavy atom. The number of carbonyl (C=O) groups excluding carboxylic acids is 1. The minimum absolute atomic E-state index is 0.0249. The number of Topliss-reactive ketones (excluding diaryl/α,β-unsaturated/α-hetero) is 1. The molecular formula is C12H15NO3S. The minimum Gasteiger partial charge on any atom is -0.493 e. The SMILES string of the molecule is COc1cccc(C(=O)CN)c1OC1CSC1. The Morgan fingerprint density at radius 2 is 2.29 bits per heavy atom. The van der Waals surface area contributed by atoms with E-state index >= 15 is 0 Å². The lowest BCUT2D eigenvalue weighted by molar-refractivity contribution is 0.0994. The number of thioether (sulfide) groups is 1. The molecule has 0 spiro atoms. The predicted molar refractivity (Wildman–Crippen MR) is 68.1 cm³/mol. The lowest BCUT2D eigenvalue weighted by atomic mass is 10.1. The van der Waals surface area contributed by atoms with Gasteiger partial charge in [0.15, 0.2) is 17.3 Å². The monoisotopic (exact) mass is 253 g/mol. The van der Waals surface area contributed by atoms with Gasteiger partial charge in [0.2, 0.25) is 0 Å². The second-order valence-electron chi connectivity index (χ2n) is 3.74. The summed E-state index contributed by atoms with van der Waals surface area (Å²) in [6.45, 7) is -0.0249. The largest absolute Gasteiger partial charge is 0.493 e. The van der Waals surface area contributed by atoms with Gasteiger partial charge >= 0.3 is 0 Å². The number of ether oxygens (including phenoxy) is 2. The number of methoxy groups -OCH3 is 1. The highest BCUT2D eigenvalue weighted by Crippen LogP contribution is 2.34. The van der Waals surface area contributed by atoms with Crippen LogP contribution in [0.15, 0.2) is 18.2 Å². The van der Waals surface area contributed by atoms with Crippen LogP contribution in [-0.4, -0.2) is 37.0 Å². The molecule has 2 rings (SSSR count). The Hall–Kier alpha value is -1.20. The second-order valence-corrected chi connectivity index (χ2v) is 4.82. The lowest BCUT2D eigenvalue weighted by Gasteiger charge is -2.27. The van der Waals surface area contributed by atoms with Gasteiger partial charge in [-0.2, -0.15) is 11.8 Å². The van der Waals surface area contributed by atoms with Crippen LogP contribution in [0.2, 0.25) is 0 Å². The minimum atomic E-state index is -0.133. The molecule has 17 heavy (non-hydrogen) atoms. The van der Waals surface area contributed by atoms with E-state index in [1.807, 2.05) is 11.8 Å². The lowest BCUT2D eigenvalue weighted by Crippen LogP contribution is -2.32. The van der Waals surface area contributed by atoms with Gasteiger partial charge in [0.05, 0.1) is 19.2 Å². The molecule has 1 aromatic carbocycles. The van der Waals surface area contributed by atoms with Gasteiger partial charge in [0, 0.05) is 11.5 Å². The summed E-state index contributed by atoms with van der Waals surface area (Å²) in [7, 11) is 1.56.